The van der Waals surface area contributed by atoms with E-state index in [1.54, 1.807) is 0 Å². The monoisotopic (exact) mass is 309 g/mol. The fourth-order valence-electron chi connectivity index (χ4n) is 2.28. The van der Waals surface area contributed by atoms with Crippen molar-refractivity contribution in [3.63, 3.8) is 0 Å². The zero-order valence-electron chi connectivity index (χ0n) is 12.5. The summed E-state index contributed by atoms with van der Waals surface area (Å²) in [5.41, 5.74) is 1.05. The van der Waals surface area contributed by atoms with Crippen molar-refractivity contribution < 1.29 is 14.7 Å². The van der Waals surface area contributed by atoms with E-state index < -0.39 is 12.0 Å². The number of carboxylic acid groups (broad SMARTS) is 1. The average molecular weight is 309 g/mol. The van der Waals surface area contributed by atoms with Gasteiger partial charge in [-0.2, -0.15) is 12.6 Å². The standard InChI is InChI=1S/C16H23NO3S/c1-3-7-14(16(19)20)17-15(18)13(10-21)11(2)12-8-5-4-6-9-12/h4-6,8-9,11,13-14,21H,3,7,10H2,1-2H3,(H,17,18)(H,19,20)/t11-,13-,14+/m1/s1. The maximum atomic E-state index is 12.4. The number of carboxylic acids is 1. The minimum atomic E-state index is -0.990. The summed E-state index contributed by atoms with van der Waals surface area (Å²) in [6.07, 6.45) is 1.14. The van der Waals surface area contributed by atoms with Crippen molar-refractivity contribution in [2.75, 3.05) is 5.75 Å². The first kappa shape index (κ1) is 17.6. The van der Waals surface area contributed by atoms with Crippen LogP contribution in [0.15, 0.2) is 30.3 Å². The van der Waals surface area contributed by atoms with Gasteiger partial charge in [0, 0.05) is 5.75 Å². The van der Waals surface area contributed by atoms with Gasteiger partial charge in [-0.05, 0) is 17.9 Å². The minimum absolute atomic E-state index is 0.0141. The minimum Gasteiger partial charge on any atom is -0.480 e. The number of hydrogen-bond donors (Lipinski definition) is 3. The molecule has 2 N–H and O–H groups in total. The molecule has 0 aliphatic heterocycles. The second-order valence-electron chi connectivity index (χ2n) is 5.18. The molecule has 4 nitrogen and oxygen atoms in total. The van der Waals surface area contributed by atoms with E-state index in [1.807, 2.05) is 44.2 Å². The van der Waals surface area contributed by atoms with E-state index in [-0.39, 0.29) is 17.7 Å². The average Bonchev–Trinajstić information content (AvgIpc) is 2.48. The van der Waals surface area contributed by atoms with Crippen LogP contribution in [0.4, 0.5) is 0 Å². The van der Waals surface area contributed by atoms with Crippen LogP contribution in [0, 0.1) is 5.92 Å². The Labute approximate surface area is 131 Å². The van der Waals surface area contributed by atoms with Gasteiger partial charge >= 0.3 is 5.97 Å². The summed E-state index contributed by atoms with van der Waals surface area (Å²) in [6.45, 7) is 3.86. The molecule has 0 bridgehead atoms. The van der Waals surface area contributed by atoms with Gasteiger partial charge in [-0.15, -0.1) is 0 Å². The van der Waals surface area contributed by atoms with Crippen molar-refractivity contribution in [1.29, 1.82) is 0 Å². The Kier molecular flexibility index (Phi) is 7.29. The molecule has 116 valence electrons. The van der Waals surface area contributed by atoms with Crippen molar-refractivity contribution >= 4 is 24.5 Å². The molecule has 0 unspecified atom stereocenters. The maximum absolute atomic E-state index is 12.4. The van der Waals surface area contributed by atoms with Crippen LogP contribution in [0.5, 0.6) is 0 Å². The molecule has 0 saturated heterocycles. The molecule has 0 spiro atoms. The number of carbonyl (C=O) groups excluding carboxylic acids is 1. The SMILES string of the molecule is CCC[C@H](NC(=O)[C@H](CS)[C@H](C)c1ccccc1)C(=O)O. The summed E-state index contributed by atoms with van der Waals surface area (Å²) in [4.78, 5) is 23.5. The zero-order chi connectivity index (χ0) is 15.8. The third-order valence-corrected chi connectivity index (χ3v) is 4.05. The molecule has 0 aromatic heterocycles. The van der Waals surface area contributed by atoms with Gasteiger partial charge < -0.3 is 10.4 Å². The van der Waals surface area contributed by atoms with Crippen LogP contribution >= 0.6 is 12.6 Å². The number of aliphatic carboxylic acids is 1. The Balaban J connectivity index is 2.79. The van der Waals surface area contributed by atoms with E-state index in [9.17, 15) is 9.59 Å². The van der Waals surface area contributed by atoms with E-state index in [2.05, 4.69) is 17.9 Å². The highest BCUT2D eigenvalue weighted by atomic mass is 32.1. The highest BCUT2D eigenvalue weighted by Gasteiger charge is 2.28. The lowest BCUT2D eigenvalue weighted by Gasteiger charge is -2.24. The zero-order valence-corrected chi connectivity index (χ0v) is 13.3. The van der Waals surface area contributed by atoms with Gasteiger partial charge in [0.25, 0.3) is 0 Å². The second kappa shape index (κ2) is 8.72. The Hall–Kier alpha value is -1.49. The van der Waals surface area contributed by atoms with Gasteiger partial charge in [-0.3, -0.25) is 4.79 Å². The summed E-state index contributed by atoms with van der Waals surface area (Å²) >= 11 is 4.26. The molecule has 0 aliphatic rings. The number of thiol groups is 1. The van der Waals surface area contributed by atoms with E-state index in [1.165, 1.54) is 0 Å². The number of nitrogens with one attached hydrogen (secondary N) is 1. The van der Waals surface area contributed by atoms with Gasteiger partial charge in [0.1, 0.15) is 6.04 Å². The lowest BCUT2D eigenvalue weighted by atomic mass is 9.88. The molecule has 1 aromatic rings. The second-order valence-corrected chi connectivity index (χ2v) is 5.54. The molecule has 0 fully saturated rings. The molecule has 1 amide bonds. The first-order valence-electron chi connectivity index (χ1n) is 7.20. The molecule has 1 aromatic carbocycles. The highest BCUT2D eigenvalue weighted by molar-refractivity contribution is 7.80. The van der Waals surface area contributed by atoms with E-state index in [0.717, 1.165) is 5.56 Å². The predicted octanol–water partition coefficient (Wildman–Crippen LogP) is 2.71. The third-order valence-electron chi connectivity index (χ3n) is 3.65. The van der Waals surface area contributed by atoms with Crippen LogP contribution in [0.1, 0.15) is 38.2 Å². The molecule has 0 aliphatic carbocycles. The number of amides is 1. The molecule has 21 heavy (non-hydrogen) atoms. The van der Waals surface area contributed by atoms with E-state index in [0.29, 0.717) is 18.6 Å². The van der Waals surface area contributed by atoms with Crippen LogP contribution in [0.25, 0.3) is 0 Å². The van der Waals surface area contributed by atoms with Gasteiger partial charge in [-0.1, -0.05) is 50.6 Å². The topological polar surface area (TPSA) is 66.4 Å². The van der Waals surface area contributed by atoms with Crippen LogP contribution < -0.4 is 5.32 Å². The maximum Gasteiger partial charge on any atom is 0.326 e. The van der Waals surface area contributed by atoms with Crippen molar-refractivity contribution in [2.45, 2.75) is 38.6 Å². The quantitative estimate of drug-likeness (QED) is 0.647. The van der Waals surface area contributed by atoms with Gasteiger partial charge in [0.05, 0.1) is 5.92 Å². The van der Waals surface area contributed by atoms with Crippen molar-refractivity contribution in [3.05, 3.63) is 35.9 Å². The first-order valence-corrected chi connectivity index (χ1v) is 7.83. The summed E-state index contributed by atoms with van der Waals surface area (Å²) < 4.78 is 0. The van der Waals surface area contributed by atoms with E-state index >= 15 is 0 Å². The van der Waals surface area contributed by atoms with E-state index in [4.69, 9.17) is 5.11 Å². The van der Waals surface area contributed by atoms with Crippen molar-refractivity contribution in [1.82, 2.24) is 5.32 Å². The van der Waals surface area contributed by atoms with Crippen molar-refractivity contribution in [3.8, 4) is 0 Å². The molecular formula is C16H23NO3S. The Bertz CT molecular complexity index is 464. The number of hydrogen-bond acceptors (Lipinski definition) is 3. The number of rotatable bonds is 8. The fourth-order valence-corrected chi connectivity index (χ4v) is 2.76. The Morgan fingerprint density at radius 2 is 1.90 bits per heavy atom. The van der Waals surface area contributed by atoms with Crippen LogP contribution in [0.2, 0.25) is 0 Å². The lowest BCUT2D eigenvalue weighted by Crippen LogP contribution is -2.45. The van der Waals surface area contributed by atoms with Gasteiger partial charge in [0.15, 0.2) is 0 Å². The number of benzene rings is 1. The van der Waals surface area contributed by atoms with Crippen LogP contribution in [0.3, 0.4) is 0 Å². The summed E-state index contributed by atoms with van der Waals surface area (Å²) in [7, 11) is 0. The normalized spacial score (nSPS) is 15.0. The number of carbonyl (C=O) groups is 2. The predicted molar refractivity (Wildman–Crippen MR) is 86.7 cm³/mol. The molecular weight excluding hydrogens is 286 g/mol. The smallest absolute Gasteiger partial charge is 0.326 e. The summed E-state index contributed by atoms with van der Waals surface area (Å²) in [6, 6.07) is 8.89. The lowest BCUT2D eigenvalue weighted by molar-refractivity contribution is -0.142. The molecule has 3 atom stereocenters. The van der Waals surface area contributed by atoms with Crippen molar-refractivity contribution in [2.24, 2.45) is 5.92 Å². The molecule has 0 saturated carbocycles. The molecule has 0 heterocycles. The highest BCUT2D eigenvalue weighted by Crippen LogP contribution is 2.25. The Morgan fingerprint density at radius 3 is 2.38 bits per heavy atom. The van der Waals surface area contributed by atoms with Gasteiger partial charge in [0.2, 0.25) is 5.91 Å². The fraction of sp³-hybridized carbons (Fsp3) is 0.500. The van der Waals surface area contributed by atoms with Gasteiger partial charge in [-0.25, -0.2) is 4.79 Å². The Morgan fingerprint density at radius 1 is 1.29 bits per heavy atom. The first-order chi connectivity index (χ1) is 10.0. The molecule has 0 radical (unpaired) electrons. The third kappa shape index (κ3) is 5.08. The summed E-state index contributed by atoms with van der Waals surface area (Å²) in [5, 5.41) is 11.8. The largest absolute Gasteiger partial charge is 0.480 e. The van der Waals surface area contributed by atoms with Crippen LogP contribution in [-0.4, -0.2) is 28.8 Å². The van der Waals surface area contributed by atoms with Crippen LogP contribution in [-0.2, 0) is 9.59 Å². The summed E-state index contributed by atoms with van der Waals surface area (Å²) in [5.74, 6) is -1.23. The molecule has 1 rings (SSSR count). The molecule has 5 heteroatoms.